The predicted octanol–water partition coefficient (Wildman–Crippen LogP) is 0.0507. The van der Waals surface area contributed by atoms with E-state index in [1.54, 1.807) is 7.05 Å². The van der Waals surface area contributed by atoms with E-state index in [0.29, 0.717) is 18.5 Å². The third-order valence-electron chi connectivity index (χ3n) is 3.61. The zero-order chi connectivity index (χ0) is 13.9. The van der Waals surface area contributed by atoms with Gasteiger partial charge >= 0.3 is 0 Å². The molecule has 1 heterocycles. The molecule has 0 bridgehead atoms. The molecule has 2 fully saturated rings. The first kappa shape index (κ1) is 18.0. The van der Waals surface area contributed by atoms with Crippen molar-refractivity contribution < 1.29 is 8.42 Å². The summed E-state index contributed by atoms with van der Waals surface area (Å²) >= 11 is 0. The highest BCUT2D eigenvalue weighted by Gasteiger charge is 2.34. The molecule has 1 aliphatic carbocycles. The van der Waals surface area contributed by atoms with Gasteiger partial charge in [0, 0.05) is 45.0 Å². The van der Waals surface area contributed by atoms with Crippen LogP contribution in [0.1, 0.15) is 19.3 Å². The van der Waals surface area contributed by atoms with Crippen LogP contribution in [0.3, 0.4) is 0 Å². The highest BCUT2D eigenvalue weighted by atomic mass is 127. The summed E-state index contributed by atoms with van der Waals surface area (Å²) in [5.74, 6) is 0.832. The van der Waals surface area contributed by atoms with Gasteiger partial charge in [0.1, 0.15) is 9.84 Å². The van der Waals surface area contributed by atoms with Crippen molar-refractivity contribution in [3.05, 3.63) is 0 Å². The lowest BCUT2D eigenvalue weighted by Crippen LogP contribution is -2.45. The van der Waals surface area contributed by atoms with Gasteiger partial charge < -0.3 is 10.6 Å². The number of nitrogens with zero attached hydrogens (tertiary/aromatic N) is 2. The van der Waals surface area contributed by atoms with E-state index in [1.165, 1.54) is 19.1 Å². The van der Waals surface area contributed by atoms with Crippen molar-refractivity contribution in [1.29, 1.82) is 0 Å². The molecule has 2 N–H and O–H groups in total. The molecule has 6 nitrogen and oxygen atoms in total. The van der Waals surface area contributed by atoms with Gasteiger partial charge in [-0.1, -0.05) is 0 Å². The summed E-state index contributed by atoms with van der Waals surface area (Å²) < 4.78 is 22.1. The summed E-state index contributed by atoms with van der Waals surface area (Å²) in [6.45, 7) is 2.62. The molecule has 8 heteroatoms. The van der Waals surface area contributed by atoms with E-state index >= 15 is 0 Å². The van der Waals surface area contributed by atoms with Gasteiger partial charge in [0.05, 0.1) is 5.75 Å². The summed E-state index contributed by atoms with van der Waals surface area (Å²) in [5.41, 5.74) is 0. The Bertz CT molecular complexity index is 437. The van der Waals surface area contributed by atoms with Crippen molar-refractivity contribution in [1.82, 2.24) is 15.5 Å². The second kappa shape index (κ2) is 7.79. The number of guanidine groups is 1. The molecule has 1 unspecified atom stereocenters. The highest BCUT2D eigenvalue weighted by Crippen LogP contribution is 2.29. The highest BCUT2D eigenvalue weighted by molar-refractivity contribution is 14.0. The third kappa shape index (κ3) is 6.13. The van der Waals surface area contributed by atoms with Gasteiger partial charge in [-0.05, 0) is 19.3 Å². The van der Waals surface area contributed by atoms with Crippen molar-refractivity contribution >= 4 is 39.8 Å². The second-order valence-corrected chi connectivity index (χ2v) is 7.74. The molecular weight excluding hydrogens is 391 g/mol. The number of hydrogen-bond acceptors (Lipinski definition) is 4. The maximum absolute atomic E-state index is 11.1. The molecule has 1 saturated heterocycles. The summed E-state index contributed by atoms with van der Waals surface area (Å²) in [7, 11) is -1.21. The van der Waals surface area contributed by atoms with Gasteiger partial charge in [0.25, 0.3) is 0 Å². The minimum atomic E-state index is -2.92. The first-order valence-corrected chi connectivity index (χ1v) is 8.93. The number of rotatable bonds is 5. The lowest BCUT2D eigenvalue weighted by atomic mass is 10.3. The van der Waals surface area contributed by atoms with Crippen molar-refractivity contribution in [2.45, 2.75) is 31.3 Å². The molecule has 20 heavy (non-hydrogen) atoms. The van der Waals surface area contributed by atoms with Gasteiger partial charge in [0.2, 0.25) is 0 Å². The van der Waals surface area contributed by atoms with Crippen LogP contribution < -0.4 is 10.6 Å². The van der Waals surface area contributed by atoms with Crippen LogP contribution in [0.25, 0.3) is 0 Å². The van der Waals surface area contributed by atoms with E-state index in [9.17, 15) is 8.42 Å². The third-order valence-corrected chi connectivity index (χ3v) is 4.56. The summed E-state index contributed by atoms with van der Waals surface area (Å²) in [6.07, 6.45) is 5.06. The fourth-order valence-corrected chi connectivity index (χ4v) is 2.89. The lowest BCUT2D eigenvalue weighted by Gasteiger charge is -2.18. The van der Waals surface area contributed by atoms with Crippen molar-refractivity contribution in [3.8, 4) is 0 Å². The van der Waals surface area contributed by atoms with Crippen LogP contribution >= 0.6 is 24.0 Å². The van der Waals surface area contributed by atoms with Crippen LogP contribution in [0.15, 0.2) is 4.99 Å². The average Bonchev–Trinajstić information content (AvgIpc) is 3.07. The number of aliphatic imine (C=N–C) groups is 1. The van der Waals surface area contributed by atoms with Crippen molar-refractivity contribution in [2.75, 3.05) is 38.7 Å². The van der Waals surface area contributed by atoms with E-state index in [0.717, 1.165) is 25.6 Å². The fourth-order valence-electron chi connectivity index (χ4n) is 2.42. The molecule has 0 radical (unpaired) electrons. The van der Waals surface area contributed by atoms with E-state index in [-0.39, 0.29) is 29.7 Å². The van der Waals surface area contributed by atoms with E-state index < -0.39 is 9.84 Å². The van der Waals surface area contributed by atoms with Gasteiger partial charge in [-0.25, -0.2) is 8.42 Å². The minimum absolute atomic E-state index is 0. The molecule has 0 spiro atoms. The van der Waals surface area contributed by atoms with Crippen LogP contribution in [0.4, 0.5) is 0 Å². The molecule has 0 aromatic carbocycles. The molecule has 1 aliphatic heterocycles. The van der Waals surface area contributed by atoms with Crippen LogP contribution in [0, 0.1) is 0 Å². The largest absolute Gasteiger partial charge is 0.355 e. The summed E-state index contributed by atoms with van der Waals surface area (Å²) in [5, 5.41) is 6.42. The smallest absolute Gasteiger partial charge is 0.191 e. The van der Waals surface area contributed by atoms with E-state index in [2.05, 4.69) is 20.5 Å². The first-order valence-electron chi connectivity index (χ1n) is 6.87. The Hall–Kier alpha value is -0.0900. The van der Waals surface area contributed by atoms with Crippen LogP contribution in [-0.4, -0.2) is 70.1 Å². The van der Waals surface area contributed by atoms with Crippen LogP contribution in [-0.2, 0) is 9.84 Å². The Morgan fingerprint density at radius 3 is 2.60 bits per heavy atom. The SMILES string of the molecule is CN=C(NCCS(C)(=O)=O)NC1CCN(C2CC2)C1.I. The second-order valence-electron chi connectivity index (χ2n) is 5.48. The Morgan fingerprint density at radius 2 is 2.05 bits per heavy atom. The monoisotopic (exact) mass is 416 g/mol. The van der Waals surface area contributed by atoms with Crippen LogP contribution in [0.5, 0.6) is 0 Å². The molecule has 1 saturated carbocycles. The Balaban J connectivity index is 0.00000200. The Kier molecular flexibility index (Phi) is 6.99. The summed E-state index contributed by atoms with van der Waals surface area (Å²) in [6, 6.07) is 1.23. The molecule has 0 amide bonds. The molecule has 2 aliphatic rings. The molecule has 118 valence electrons. The van der Waals surface area contributed by atoms with E-state index in [1.807, 2.05) is 0 Å². The average molecular weight is 416 g/mol. The Morgan fingerprint density at radius 1 is 1.35 bits per heavy atom. The number of nitrogens with one attached hydrogen (secondary N) is 2. The minimum Gasteiger partial charge on any atom is -0.355 e. The van der Waals surface area contributed by atoms with Gasteiger partial charge in [-0.15, -0.1) is 24.0 Å². The maximum atomic E-state index is 11.1. The lowest BCUT2D eigenvalue weighted by molar-refractivity contribution is 0.321. The van der Waals surface area contributed by atoms with Gasteiger partial charge in [-0.3, -0.25) is 9.89 Å². The quantitative estimate of drug-likeness (QED) is 0.377. The normalized spacial score (nSPS) is 24.3. The molecule has 0 aromatic heterocycles. The first-order chi connectivity index (χ1) is 8.98. The van der Waals surface area contributed by atoms with Crippen molar-refractivity contribution in [2.24, 2.45) is 4.99 Å². The topological polar surface area (TPSA) is 73.8 Å². The zero-order valence-electron chi connectivity index (χ0n) is 12.1. The maximum Gasteiger partial charge on any atom is 0.191 e. The van der Waals surface area contributed by atoms with Gasteiger partial charge in [0.15, 0.2) is 5.96 Å². The molecule has 2 rings (SSSR count). The molecule has 0 aromatic rings. The van der Waals surface area contributed by atoms with E-state index in [4.69, 9.17) is 0 Å². The zero-order valence-corrected chi connectivity index (χ0v) is 15.3. The number of hydrogen-bond donors (Lipinski definition) is 2. The fraction of sp³-hybridized carbons (Fsp3) is 0.917. The molecule has 1 atom stereocenters. The van der Waals surface area contributed by atoms with Gasteiger partial charge in [-0.2, -0.15) is 0 Å². The number of likely N-dealkylation sites (tertiary alicyclic amines) is 1. The van der Waals surface area contributed by atoms with Crippen molar-refractivity contribution in [3.63, 3.8) is 0 Å². The number of halogens is 1. The predicted molar refractivity (Wildman–Crippen MR) is 92.6 cm³/mol. The standard InChI is InChI=1S/C12H24N4O2S.HI/c1-13-12(14-6-8-19(2,17)18)15-10-5-7-16(9-10)11-3-4-11;/h10-11H,3-9H2,1-2H3,(H2,13,14,15);1H. The van der Waals surface area contributed by atoms with Crippen LogP contribution in [0.2, 0.25) is 0 Å². The number of sulfone groups is 1. The Labute approximate surface area is 138 Å². The summed E-state index contributed by atoms with van der Waals surface area (Å²) in [4.78, 5) is 6.67. The molecular formula is C12H25IN4O2S.